The topological polar surface area (TPSA) is 38.5 Å². The van der Waals surface area contributed by atoms with Crippen molar-refractivity contribution in [3.05, 3.63) is 0 Å². The minimum absolute atomic E-state index is 0.774. The third-order valence-electron chi connectivity index (χ3n) is 4.08. The van der Waals surface area contributed by atoms with Gasteiger partial charge in [-0.25, -0.2) is 0 Å². The van der Waals surface area contributed by atoms with Crippen LogP contribution in [0.2, 0.25) is 0 Å². The smallest absolute Gasteiger partial charge is 0.0589 e. The predicted molar refractivity (Wildman–Crippen MR) is 73.2 cm³/mol. The minimum atomic E-state index is 0.774. The van der Waals surface area contributed by atoms with Crippen LogP contribution in [-0.4, -0.2) is 44.3 Å². The van der Waals surface area contributed by atoms with E-state index < -0.39 is 0 Å². The molecule has 1 aliphatic rings. The Kier molecular flexibility index (Phi) is 7.82. The van der Waals surface area contributed by atoms with Crippen molar-refractivity contribution in [2.75, 3.05) is 33.4 Å². The fourth-order valence-electron chi connectivity index (χ4n) is 2.94. The van der Waals surface area contributed by atoms with Crippen molar-refractivity contribution in [2.24, 2.45) is 11.7 Å². The van der Waals surface area contributed by atoms with Crippen LogP contribution in [0.15, 0.2) is 0 Å². The van der Waals surface area contributed by atoms with Crippen LogP contribution in [0.4, 0.5) is 0 Å². The molecule has 2 N–H and O–H groups in total. The molecule has 102 valence electrons. The second-order valence-electron chi connectivity index (χ2n) is 5.27. The number of ether oxygens (including phenoxy) is 1. The number of methoxy groups -OCH3 is 1. The number of hydrogen-bond acceptors (Lipinski definition) is 3. The highest BCUT2D eigenvalue weighted by Gasteiger charge is 2.25. The van der Waals surface area contributed by atoms with Gasteiger partial charge in [0, 0.05) is 19.7 Å². The lowest BCUT2D eigenvalue weighted by Crippen LogP contribution is -2.41. The fraction of sp³-hybridized carbons (Fsp3) is 1.00. The third kappa shape index (κ3) is 5.36. The van der Waals surface area contributed by atoms with E-state index in [2.05, 4.69) is 11.8 Å². The Labute approximate surface area is 107 Å². The Bertz CT molecular complexity index is 179. The first-order chi connectivity index (χ1) is 8.31. The maximum absolute atomic E-state index is 5.63. The van der Waals surface area contributed by atoms with Gasteiger partial charge in [-0.15, -0.1) is 0 Å². The second kappa shape index (κ2) is 8.90. The van der Waals surface area contributed by atoms with Gasteiger partial charge in [-0.3, -0.25) is 4.90 Å². The van der Waals surface area contributed by atoms with E-state index in [1.54, 1.807) is 7.11 Å². The minimum Gasteiger partial charge on any atom is -0.383 e. The summed E-state index contributed by atoms with van der Waals surface area (Å²) in [6.45, 7) is 6.18. The van der Waals surface area contributed by atoms with Crippen LogP contribution < -0.4 is 5.73 Å². The molecule has 0 bridgehead atoms. The average Bonchev–Trinajstić information content (AvgIpc) is 2.39. The molecule has 0 aromatic carbocycles. The first-order valence-electron chi connectivity index (χ1n) is 7.24. The molecular weight excluding hydrogens is 212 g/mol. The van der Waals surface area contributed by atoms with Gasteiger partial charge in [-0.2, -0.15) is 0 Å². The zero-order valence-corrected chi connectivity index (χ0v) is 11.7. The van der Waals surface area contributed by atoms with Crippen molar-refractivity contribution in [3.63, 3.8) is 0 Å². The maximum atomic E-state index is 5.63. The Morgan fingerprint density at radius 3 is 2.76 bits per heavy atom. The lowest BCUT2D eigenvalue weighted by molar-refractivity contribution is 0.0877. The summed E-state index contributed by atoms with van der Waals surface area (Å²) in [4.78, 5) is 2.61. The van der Waals surface area contributed by atoms with Gasteiger partial charge in [-0.05, 0) is 38.3 Å². The lowest BCUT2D eigenvalue weighted by atomic mass is 9.83. The van der Waals surface area contributed by atoms with Gasteiger partial charge in [-0.1, -0.05) is 26.2 Å². The zero-order valence-electron chi connectivity index (χ0n) is 11.7. The van der Waals surface area contributed by atoms with Gasteiger partial charge in [0.15, 0.2) is 0 Å². The standard InChI is InChI=1S/C14H30N2O/c1-3-13-6-4-7-14(12-13)16(9-5-8-15)10-11-17-2/h13-14H,3-12,15H2,1-2H3. The van der Waals surface area contributed by atoms with Crippen LogP contribution in [0.3, 0.4) is 0 Å². The van der Waals surface area contributed by atoms with E-state index >= 15 is 0 Å². The zero-order chi connectivity index (χ0) is 12.5. The van der Waals surface area contributed by atoms with Gasteiger partial charge < -0.3 is 10.5 Å². The van der Waals surface area contributed by atoms with E-state index in [1.165, 1.54) is 32.1 Å². The van der Waals surface area contributed by atoms with Gasteiger partial charge in [0.2, 0.25) is 0 Å². The Hall–Kier alpha value is -0.120. The highest BCUT2D eigenvalue weighted by molar-refractivity contribution is 4.80. The van der Waals surface area contributed by atoms with Gasteiger partial charge >= 0.3 is 0 Å². The second-order valence-corrected chi connectivity index (χ2v) is 5.27. The van der Waals surface area contributed by atoms with Gasteiger partial charge in [0.25, 0.3) is 0 Å². The molecule has 3 nitrogen and oxygen atoms in total. The maximum Gasteiger partial charge on any atom is 0.0589 e. The van der Waals surface area contributed by atoms with E-state index in [1.807, 2.05) is 0 Å². The molecule has 1 fully saturated rings. The van der Waals surface area contributed by atoms with Crippen molar-refractivity contribution in [2.45, 2.75) is 51.5 Å². The molecule has 1 rings (SSSR count). The number of hydrogen-bond donors (Lipinski definition) is 1. The van der Waals surface area contributed by atoms with Crippen LogP contribution in [-0.2, 0) is 4.74 Å². The molecule has 2 unspecified atom stereocenters. The van der Waals surface area contributed by atoms with Crippen molar-refractivity contribution >= 4 is 0 Å². The summed E-state index contributed by atoms with van der Waals surface area (Å²) in [5, 5.41) is 0. The van der Waals surface area contributed by atoms with Gasteiger partial charge in [0.05, 0.1) is 6.61 Å². The summed E-state index contributed by atoms with van der Waals surface area (Å²) >= 11 is 0. The van der Waals surface area contributed by atoms with Crippen LogP contribution in [0.5, 0.6) is 0 Å². The Balaban J connectivity index is 2.42. The molecule has 0 amide bonds. The first-order valence-corrected chi connectivity index (χ1v) is 7.24. The van der Waals surface area contributed by atoms with Crippen molar-refractivity contribution in [1.29, 1.82) is 0 Å². The molecule has 3 heteroatoms. The highest BCUT2D eigenvalue weighted by Crippen LogP contribution is 2.29. The first kappa shape index (κ1) is 14.9. The fourth-order valence-corrected chi connectivity index (χ4v) is 2.94. The van der Waals surface area contributed by atoms with Gasteiger partial charge in [0.1, 0.15) is 0 Å². The monoisotopic (exact) mass is 242 g/mol. The van der Waals surface area contributed by atoms with Crippen molar-refractivity contribution in [1.82, 2.24) is 4.90 Å². The molecule has 1 aliphatic carbocycles. The molecular formula is C14H30N2O. The average molecular weight is 242 g/mol. The number of rotatable bonds is 8. The molecule has 0 aromatic heterocycles. The predicted octanol–water partition coefficient (Wildman–Crippen LogP) is 2.25. The number of nitrogens with two attached hydrogens (primary N) is 1. The van der Waals surface area contributed by atoms with E-state index in [-0.39, 0.29) is 0 Å². The molecule has 0 spiro atoms. The summed E-state index contributed by atoms with van der Waals surface area (Å²) in [5.41, 5.74) is 5.63. The van der Waals surface area contributed by atoms with Crippen molar-refractivity contribution < 1.29 is 4.74 Å². The third-order valence-corrected chi connectivity index (χ3v) is 4.08. The molecule has 0 radical (unpaired) electrons. The molecule has 17 heavy (non-hydrogen) atoms. The largest absolute Gasteiger partial charge is 0.383 e. The van der Waals surface area contributed by atoms with Crippen LogP contribution in [0.1, 0.15) is 45.4 Å². The lowest BCUT2D eigenvalue weighted by Gasteiger charge is -2.37. The molecule has 0 aromatic rings. The SMILES string of the molecule is CCC1CCCC(N(CCCN)CCOC)C1. The molecule has 0 aliphatic heterocycles. The molecule has 2 atom stereocenters. The van der Waals surface area contributed by atoms with E-state index in [4.69, 9.17) is 10.5 Å². The molecule has 1 saturated carbocycles. The van der Waals surface area contributed by atoms with Crippen molar-refractivity contribution in [3.8, 4) is 0 Å². The Morgan fingerprint density at radius 2 is 2.12 bits per heavy atom. The quantitative estimate of drug-likeness (QED) is 0.709. The summed E-state index contributed by atoms with van der Waals surface area (Å²) in [7, 11) is 1.79. The summed E-state index contributed by atoms with van der Waals surface area (Å²) < 4.78 is 5.22. The van der Waals surface area contributed by atoms with Crippen LogP contribution in [0.25, 0.3) is 0 Å². The van der Waals surface area contributed by atoms with Crippen LogP contribution >= 0.6 is 0 Å². The van der Waals surface area contributed by atoms with Crippen LogP contribution in [0, 0.1) is 5.92 Å². The van der Waals surface area contributed by atoms with E-state index in [0.29, 0.717) is 0 Å². The molecule has 0 saturated heterocycles. The number of nitrogens with zero attached hydrogens (tertiary/aromatic N) is 1. The summed E-state index contributed by atoms with van der Waals surface area (Å²) in [6.07, 6.45) is 8.02. The Morgan fingerprint density at radius 1 is 1.29 bits per heavy atom. The summed E-state index contributed by atoms with van der Waals surface area (Å²) in [6, 6.07) is 0.774. The normalized spacial score (nSPS) is 25.4. The van der Waals surface area contributed by atoms with E-state index in [9.17, 15) is 0 Å². The molecule has 0 heterocycles. The van der Waals surface area contributed by atoms with E-state index in [0.717, 1.165) is 44.6 Å². The summed E-state index contributed by atoms with van der Waals surface area (Å²) in [5.74, 6) is 0.941. The highest BCUT2D eigenvalue weighted by atomic mass is 16.5.